The van der Waals surface area contributed by atoms with Gasteiger partial charge in [0.05, 0.1) is 23.1 Å². The molecule has 0 saturated heterocycles. The third-order valence-electron chi connectivity index (χ3n) is 4.83. The van der Waals surface area contributed by atoms with E-state index in [4.69, 9.17) is 0 Å². The molecule has 1 aliphatic heterocycles. The van der Waals surface area contributed by atoms with Gasteiger partial charge in [0.15, 0.2) is 6.30 Å². The van der Waals surface area contributed by atoms with Crippen LogP contribution >= 0.6 is 0 Å². The van der Waals surface area contributed by atoms with Gasteiger partial charge in [0, 0.05) is 11.8 Å². The number of carbonyl (C=O) groups is 1. The summed E-state index contributed by atoms with van der Waals surface area (Å²) in [6, 6.07) is 10.8. The minimum atomic E-state index is -1.30. The van der Waals surface area contributed by atoms with E-state index in [0.717, 1.165) is 22.0 Å². The van der Waals surface area contributed by atoms with Crippen LogP contribution in [0.3, 0.4) is 0 Å². The largest absolute Gasteiger partial charge is 0.338 e. The molecule has 0 spiro atoms. The van der Waals surface area contributed by atoms with Gasteiger partial charge in [-0.2, -0.15) is 5.10 Å². The minimum Gasteiger partial charge on any atom is -0.306 e. The zero-order valence-corrected chi connectivity index (χ0v) is 15.5. The monoisotopic (exact) mass is 367 g/mol. The number of nitrogens with zero attached hydrogens (tertiary/aromatic N) is 2. The predicted molar refractivity (Wildman–Crippen MR) is 104 cm³/mol. The maximum atomic E-state index is 14.6. The Hall–Kier alpha value is -3.09. The molecule has 1 aliphatic rings. The highest BCUT2D eigenvalue weighted by atomic mass is 19.1. The third kappa shape index (κ3) is 3.20. The van der Waals surface area contributed by atoms with Crippen molar-refractivity contribution in [2.24, 2.45) is 0 Å². The number of hydrogen-bond donors (Lipinski definition) is 3. The Balaban J connectivity index is 1.53. The van der Waals surface area contributed by atoms with Gasteiger partial charge in [-0.15, -0.1) is 0 Å². The number of amides is 2. The molecule has 4 rings (SSSR count). The molecule has 2 amide bonds. The number of hydrogen-bond acceptors (Lipinski definition) is 3. The van der Waals surface area contributed by atoms with E-state index in [9.17, 15) is 9.18 Å². The number of carbonyl (C=O) groups excluding carboxylic acids is 1. The van der Waals surface area contributed by atoms with Crippen LogP contribution in [0.25, 0.3) is 10.9 Å². The van der Waals surface area contributed by atoms with Crippen molar-refractivity contribution in [1.82, 2.24) is 15.6 Å². The number of aromatic nitrogens is 2. The molecule has 140 valence electrons. The van der Waals surface area contributed by atoms with Gasteiger partial charge in [-0.3, -0.25) is 5.10 Å². The Morgan fingerprint density at radius 3 is 2.89 bits per heavy atom. The maximum Gasteiger partial charge on any atom is 0.338 e. The van der Waals surface area contributed by atoms with Crippen molar-refractivity contribution in [1.29, 1.82) is 0 Å². The van der Waals surface area contributed by atoms with E-state index in [0.29, 0.717) is 11.4 Å². The summed E-state index contributed by atoms with van der Waals surface area (Å²) in [6.45, 7) is 6.36. The number of fused-ring (bicyclic) bond motifs is 2. The summed E-state index contributed by atoms with van der Waals surface area (Å²) >= 11 is 0. The first-order chi connectivity index (χ1) is 12.8. The molecular formula is C20H22FN5O. The van der Waals surface area contributed by atoms with Crippen molar-refractivity contribution < 1.29 is 9.18 Å². The highest BCUT2D eigenvalue weighted by molar-refractivity contribution is 6.00. The number of alkyl halides is 1. The molecule has 3 aromatic rings. The molecular weight excluding hydrogens is 345 g/mol. The molecule has 0 radical (unpaired) electrons. The number of urea groups is 1. The van der Waals surface area contributed by atoms with Crippen LogP contribution in [0.4, 0.5) is 20.6 Å². The Kier molecular flexibility index (Phi) is 4.02. The van der Waals surface area contributed by atoms with E-state index >= 15 is 0 Å². The Morgan fingerprint density at radius 1 is 1.30 bits per heavy atom. The summed E-state index contributed by atoms with van der Waals surface area (Å²) in [5.41, 5.74) is 6.77. The zero-order chi connectivity index (χ0) is 19.2. The van der Waals surface area contributed by atoms with Gasteiger partial charge in [0.25, 0.3) is 0 Å². The summed E-state index contributed by atoms with van der Waals surface area (Å²) in [6.07, 6.45) is 0.588. The molecule has 3 N–H and O–H groups in total. The average molecular weight is 367 g/mol. The van der Waals surface area contributed by atoms with Gasteiger partial charge in [-0.25, -0.2) is 19.6 Å². The van der Waals surface area contributed by atoms with Gasteiger partial charge in [-0.05, 0) is 34.7 Å². The molecule has 0 saturated carbocycles. The molecule has 7 heteroatoms. The summed E-state index contributed by atoms with van der Waals surface area (Å²) in [5.74, 6) is 0. The molecule has 2 aromatic carbocycles. The van der Waals surface area contributed by atoms with Crippen molar-refractivity contribution in [2.75, 3.05) is 10.3 Å². The molecule has 0 bridgehead atoms. The van der Waals surface area contributed by atoms with Crippen molar-refractivity contribution in [3.63, 3.8) is 0 Å². The van der Waals surface area contributed by atoms with Crippen molar-refractivity contribution >= 4 is 28.3 Å². The topological polar surface area (TPSA) is 73.1 Å². The van der Waals surface area contributed by atoms with Crippen LogP contribution in [0, 0.1) is 0 Å². The van der Waals surface area contributed by atoms with Crippen LogP contribution in [0.2, 0.25) is 0 Å². The summed E-state index contributed by atoms with van der Waals surface area (Å²) in [4.78, 5) is 12.5. The Bertz CT molecular complexity index is 1010. The molecule has 2 heterocycles. The van der Waals surface area contributed by atoms with Crippen LogP contribution in [0.15, 0.2) is 42.6 Å². The molecule has 0 aliphatic carbocycles. The quantitative estimate of drug-likeness (QED) is 0.593. The maximum absolute atomic E-state index is 14.6. The lowest BCUT2D eigenvalue weighted by Crippen LogP contribution is -2.47. The first-order valence-electron chi connectivity index (χ1n) is 8.89. The van der Waals surface area contributed by atoms with Crippen LogP contribution < -0.4 is 15.8 Å². The zero-order valence-electron chi connectivity index (χ0n) is 15.5. The van der Waals surface area contributed by atoms with Gasteiger partial charge in [0.1, 0.15) is 0 Å². The fourth-order valence-corrected chi connectivity index (χ4v) is 3.34. The van der Waals surface area contributed by atoms with Gasteiger partial charge in [0.2, 0.25) is 0 Å². The molecule has 6 nitrogen and oxygen atoms in total. The number of nitrogens with one attached hydrogen (secondary N) is 3. The van der Waals surface area contributed by atoms with Crippen molar-refractivity contribution in [3.8, 4) is 0 Å². The van der Waals surface area contributed by atoms with Crippen molar-refractivity contribution in [2.45, 2.75) is 38.9 Å². The predicted octanol–water partition coefficient (Wildman–Crippen LogP) is 4.26. The Labute approximate surface area is 156 Å². The lowest BCUT2D eigenvalue weighted by atomic mass is 9.86. The van der Waals surface area contributed by atoms with E-state index in [1.807, 2.05) is 30.3 Å². The molecule has 1 aromatic heterocycles. The average Bonchev–Trinajstić information content (AvgIpc) is 3.19. The van der Waals surface area contributed by atoms with E-state index in [1.54, 1.807) is 12.3 Å². The van der Waals surface area contributed by atoms with Crippen LogP contribution in [-0.2, 0) is 11.8 Å². The SMILES string of the molecule is CC(C)(C)c1ccc2c(c1)CC(F)N2NC(=O)Nc1cccc2[nH]ncc12. The van der Waals surface area contributed by atoms with Crippen LogP contribution in [0.1, 0.15) is 31.9 Å². The highest BCUT2D eigenvalue weighted by Crippen LogP contribution is 2.35. The van der Waals surface area contributed by atoms with Crippen LogP contribution in [0.5, 0.6) is 0 Å². The van der Waals surface area contributed by atoms with Gasteiger partial charge in [-0.1, -0.05) is 39.0 Å². The number of hydrazine groups is 1. The lowest BCUT2D eigenvalue weighted by molar-refractivity contribution is 0.243. The summed E-state index contributed by atoms with van der Waals surface area (Å²) in [7, 11) is 0. The second-order valence-electron chi connectivity index (χ2n) is 7.80. The number of H-pyrrole nitrogens is 1. The normalized spacial score (nSPS) is 16.4. The second-order valence-corrected chi connectivity index (χ2v) is 7.80. The van der Waals surface area contributed by atoms with E-state index in [2.05, 4.69) is 41.7 Å². The number of benzene rings is 2. The summed E-state index contributed by atoms with van der Waals surface area (Å²) < 4.78 is 14.6. The number of aromatic amines is 1. The molecule has 1 unspecified atom stereocenters. The summed E-state index contributed by atoms with van der Waals surface area (Å²) in [5, 5.41) is 11.7. The van der Waals surface area contributed by atoms with Gasteiger partial charge < -0.3 is 5.32 Å². The highest BCUT2D eigenvalue weighted by Gasteiger charge is 2.31. The fourth-order valence-electron chi connectivity index (χ4n) is 3.34. The number of halogens is 1. The second kappa shape index (κ2) is 6.26. The number of rotatable bonds is 2. The van der Waals surface area contributed by atoms with E-state index < -0.39 is 12.3 Å². The first kappa shape index (κ1) is 17.3. The third-order valence-corrected chi connectivity index (χ3v) is 4.83. The van der Waals surface area contributed by atoms with Crippen LogP contribution in [-0.4, -0.2) is 22.5 Å². The lowest BCUT2D eigenvalue weighted by Gasteiger charge is -2.24. The fraction of sp³-hybridized carbons (Fsp3) is 0.300. The Morgan fingerprint density at radius 2 is 2.11 bits per heavy atom. The smallest absolute Gasteiger partial charge is 0.306 e. The molecule has 0 fully saturated rings. The standard InChI is InChI=1S/C20H22FN5O/c1-20(2,3)13-7-8-17-12(9-13)10-18(21)26(17)25-19(27)23-15-5-4-6-16-14(15)11-22-24-16/h4-9,11,18H,10H2,1-3H3,(H,22,24)(H2,23,25,27). The van der Waals surface area contributed by atoms with Gasteiger partial charge >= 0.3 is 6.03 Å². The first-order valence-corrected chi connectivity index (χ1v) is 8.89. The number of anilines is 2. The molecule has 1 atom stereocenters. The minimum absolute atomic E-state index is 0.0116. The van der Waals surface area contributed by atoms with E-state index in [1.165, 1.54) is 5.01 Å². The van der Waals surface area contributed by atoms with E-state index in [-0.39, 0.29) is 11.8 Å². The molecule has 27 heavy (non-hydrogen) atoms. The van der Waals surface area contributed by atoms with Crippen molar-refractivity contribution in [3.05, 3.63) is 53.7 Å².